The number of rotatable bonds is 9. The minimum Gasteiger partial charge on any atom is -0.490 e. The molecule has 3 rings (SSSR count). The zero-order chi connectivity index (χ0) is 23.1. The third-order valence-corrected chi connectivity index (χ3v) is 5.09. The van der Waals surface area contributed by atoms with Gasteiger partial charge in [-0.3, -0.25) is 9.59 Å². The Morgan fingerprint density at radius 2 is 2.09 bits per heavy atom. The van der Waals surface area contributed by atoms with Gasteiger partial charge < -0.3 is 25.2 Å². The van der Waals surface area contributed by atoms with Crippen LogP contribution in [-0.4, -0.2) is 78.0 Å². The number of halogens is 1. The van der Waals surface area contributed by atoms with E-state index in [1.54, 1.807) is 23.1 Å². The summed E-state index contributed by atoms with van der Waals surface area (Å²) < 4.78 is 5.86. The highest BCUT2D eigenvalue weighted by molar-refractivity contribution is 6.30. The number of aromatic nitrogens is 2. The number of carbonyl (C=O) groups is 2. The molecular weight excluding hydrogens is 432 g/mol. The standard InChI is InChI=1S/C22H27ClN6O3/c1-4-20(30)27-18-6-5-15(11-19(18)32-10-9-28(2)3)21(31)29-8-7-17(14-29)26-22-24-12-16(23)13-25-22/h4-6,11-13,17H,1,7-10,14H2,2-3H3,(H,27,30)(H,24,25,26)/t17-/m0/s1. The number of anilines is 2. The van der Waals surface area contributed by atoms with E-state index in [2.05, 4.69) is 27.2 Å². The van der Waals surface area contributed by atoms with Gasteiger partial charge in [-0.1, -0.05) is 18.2 Å². The van der Waals surface area contributed by atoms with Crippen molar-refractivity contribution in [3.05, 3.63) is 53.8 Å². The van der Waals surface area contributed by atoms with E-state index in [-0.39, 0.29) is 17.9 Å². The van der Waals surface area contributed by atoms with Gasteiger partial charge in [-0.2, -0.15) is 0 Å². The summed E-state index contributed by atoms with van der Waals surface area (Å²) in [4.78, 5) is 36.9. The van der Waals surface area contributed by atoms with E-state index in [1.165, 1.54) is 18.5 Å². The number of likely N-dealkylation sites (tertiary alicyclic amines) is 1. The van der Waals surface area contributed by atoms with Gasteiger partial charge in [0.15, 0.2) is 0 Å². The van der Waals surface area contributed by atoms with Crippen LogP contribution in [0.15, 0.2) is 43.2 Å². The summed E-state index contributed by atoms with van der Waals surface area (Å²) in [6.07, 6.45) is 5.01. The zero-order valence-corrected chi connectivity index (χ0v) is 18.9. The number of nitrogens with one attached hydrogen (secondary N) is 2. The second kappa shape index (κ2) is 10.9. The average Bonchev–Trinajstić information content (AvgIpc) is 3.24. The second-order valence-electron chi connectivity index (χ2n) is 7.66. The van der Waals surface area contributed by atoms with E-state index in [1.807, 2.05) is 19.0 Å². The lowest BCUT2D eigenvalue weighted by Gasteiger charge is -2.19. The van der Waals surface area contributed by atoms with Crippen LogP contribution >= 0.6 is 11.6 Å². The SMILES string of the molecule is C=CC(=O)Nc1ccc(C(=O)N2CC[C@H](Nc3ncc(Cl)cn3)C2)cc1OCCN(C)C. The fourth-order valence-corrected chi connectivity index (χ4v) is 3.31. The number of hydrogen-bond acceptors (Lipinski definition) is 7. The van der Waals surface area contributed by atoms with Gasteiger partial charge >= 0.3 is 0 Å². The highest BCUT2D eigenvalue weighted by atomic mass is 35.5. The van der Waals surface area contributed by atoms with Crippen LogP contribution in [0.2, 0.25) is 5.02 Å². The van der Waals surface area contributed by atoms with Crippen LogP contribution in [-0.2, 0) is 4.79 Å². The Morgan fingerprint density at radius 3 is 2.78 bits per heavy atom. The lowest BCUT2D eigenvalue weighted by atomic mass is 10.1. The summed E-state index contributed by atoms with van der Waals surface area (Å²) in [5.41, 5.74) is 0.982. The molecule has 2 aromatic rings. The van der Waals surface area contributed by atoms with Crippen LogP contribution in [0.3, 0.4) is 0 Å². The fourth-order valence-electron chi connectivity index (χ4n) is 3.21. The number of ether oxygens (including phenoxy) is 1. The van der Waals surface area contributed by atoms with Crippen LogP contribution < -0.4 is 15.4 Å². The molecule has 1 saturated heterocycles. The molecule has 0 bridgehead atoms. The van der Waals surface area contributed by atoms with E-state index < -0.39 is 0 Å². The molecule has 1 atom stereocenters. The van der Waals surface area contributed by atoms with Crippen molar-refractivity contribution in [1.29, 1.82) is 0 Å². The van der Waals surface area contributed by atoms with Crippen molar-refractivity contribution in [3.8, 4) is 5.75 Å². The quantitative estimate of drug-likeness (QED) is 0.557. The number of benzene rings is 1. The second-order valence-corrected chi connectivity index (χ2v) is 8.10. The molecule has 1 aliphatic heterocycles. The molecule has 0 aliphatic carbocycles. The summed E-state index contributed by atoms with van der Waals surface area (Å²) in [6.45, 7) is 5.71. The first-order valence-corrected chi connectivity index (χ1v) is 10.6. The molecule has 1 aromatic heterocycles. The van der Waals surface area contributed by atoms with Gasteiger partial charge in [0.25, 0.3) is 5.91 Å². The van der Waals surface area contributed by atoms with Crippen molar-refractivity contribution in [1.82, 2.24) is 19.8 Å². The van der Waals surface area contributed by atoms with E-state index in [0.717, 1.165) is 6.42 Å². The fraction of sp³-hybridized carbons (Fsp3) is 0.364. The summed E-state index contributed by atoms with van der Waals surface area (Å²) in [6, 6.07) is 5.07. The number of amides is 2. The van der Waals surface area contributed by atoms with Gasteiger partial charge in [0.05, 0.1) is 23.1 Å². The molecule has 0 radical (unpaired) electrons. The zero-order valence-electron chi connectivity index (χ0n) is 18.2. The lowest BCUT2D eigenvalue weighted by Crippen LogP contribution is -2.32. The summed E-state index contributed by atoms with van der Waals surface area (Å²) >= 11 is 5.82. The predicted molar refractivity (Wildman–Crippen MR) is 124 cm³/mol. The van der Waals surface area contributed by atoms with E-state index >= 15 is 0 Å². The first-order valence-electron chi connectivity index (χ1n) is 10.2. The van der Waals surface area contributed by atoms with Crippen molar-refractivity contribution in [2.24, 2.45) is 0 Å². The Kier molecular flexibility index (Phi) is 8.02. The lowest BCUT2D eigenvalue weighted by molar-refractivity contribution is -0.111. The van der Waals surface area contributed by atoms with Crippen LogP contribution in [0.5, 0.6) is 5.75 Å². The predicted octanol–water partition coefficient (Wildman–Crippen LogP) is 2.52. The van der Waals surface area contributed by atoms with Gasteiger partial charge in [-0.05, 0) is 44.8 Å². The highest BCUT2D eigenvalue weighted by Gasteiger charge is 2.28. The number of carbonyl (C=O) groups excluding carboxylic acids is 2. The molecule has 0 spiro atoms. The van der Waals surface area contributed by atoms with Crippen LogP contribution in [0.25, 0.3) is 0 Å². The van der Waals surface area contributed by atoms with Crippen LogP contribution in [0.1, 0.15) is 16.8 Å². The molecule has 2 N–H and O–H groups in total. The molecule has 9 nitrogen and oxygen atoms in total. The van der Waals surface area contributed by atoms with E-state index in [0.29, 0.717) is 54.2 Å². The minimum absolute atomic E-state index is 0.0436. The maximum atomic E-state index is 13.1. The molecule has 2 amide bonds. The third kappa shape index (κ3) is 6.41. The first kappa shape index (κ1) is 23.5. The highest BCUT2D eigenvalue weighted by Crippen LogP contribution is 2.27. The molecule has 1 aromatic carbocycles. The van der Waals surface area contributed by atoms with Gasteiger partial charge in [-0.25, -0.2) is 9.97 Å². The summed E-state index contributed by atoms with van der Waals surface area (Å²) in [5, 5.41) is 6.42. The monoisotopic (exact) mass is 458 g/mol. The largest absolute Gasteiger partial charge is 0.490 e. The van der Waals surface area contributed by atoms with Crippen LogP contribution in [0.4, 0.5) is 11.6 Å². The molecule has 170 valence electrons. The minimum atomic E-state index is -0.348. The number of likely N-dealkylation sites (N-methyl/N-ethyl adjacent to an activating group) is 1. The molecule has 2 heterocycles. The summed E-state index contributed by atoms with van der Waals surface area (Å²) in [7, 11) is 3.88. The Balaban J connectivity index is 1.68. The van der Waals surface area contributed by atoms with E-state index in [4.69, 9.17) is 16.3 Å². The molecule has 1 aliphatic rings. The van der Waals surface area contributed by atoms with Gasteiger partial charge in [0.1, 0.15) is 12.4 Å². The van der Waals surface area contributed by atoms with Gasteiger partial charge in [0.2, 0.25) is 11.9 Å². The maximum absolute atomic E-state index is 13.1. The third-order valence-electron chi connectivity index (χ3n) is 4.90. The normalized spacial score (nSPS) is 15.5. The molecule has 1 fully saturated rings. The van der Waals surface area contributed by atoms with E-state index in [9.17, 15) is 9.59 Å². The topological polar surface area (TPSA) is 99.7 Å². The Hall–Kier alpha value is -3.17. The van der Waals surface area contributed by atoms with Crippen molar-refractivity contribution in [3.63, 3.8) is 0 Å². The first-order chi connectivity index (χ1) is 15.4. The van der Waals surface area contributed by atoms with Crippen LogP contribution in [0, 0.1) is 0 Å². The molecular formula is C22H27ClN6O3. The Bertz CT molecular complexity index is 967. The molecule has 0 unspecified atom stereocenters. The van der Waals surface area contributed by atoms with Gasteiger partial charge in [-0.15, -0.1) is 0 Å². The summed E-state index contributed by atoms with van der Waals surface area (Å²) in [5.74, 6) is 0.466. The van der Waals surface area contributed by atoms with Crippen molar-refractivity contribution < 1.29 is 14.3 Å². The Labute approximate surface area is 192 Å². The average molecular weight is 459 g/mol. The van der Waals surface area contributed by atoms with Crippen molar-refractivity contribution >= 4 is 35.1 Å². The van der Waals surface area contributed by atoms with Crippen molar-refractivity contribution in [2.75, 3.05) is 51.0 Å². The smallest absolute Gasteiger partial charge is 0.254 e. The molecule has 32 heavy (non-hydrogen) atoms. The number of nitrogens with zero attached hydrogens (tertiary/aromatic N) is 4. The molecule has 10 heteroatoms. The van der Waals surface area contributed by atoms with Crippen molar-refractivity contribution in [2.45, 2.75) is 12.5 Å². The molecule has 0 saturated carbocycles. The van der Waals surface area contributed by atoms with Gasteiger partial charge in [0, 0.05) is 31.2 Å². The number of hydrogen-bond donors (Lipinski definition) is 2. The maximum Gasteiger partial charge on any atom is 0.254 e. The Morgan fingerprint density at radius 1 is 1.34 bits per heavy atom.